The summed E-state index contributed by atoms with van der Waals surface area (Å²) in [6.07, 6.45) is 2.82. The first-order valence-electron chi connectivity index (χ1n) is 6.89. The number of benzene rings is 1. The van der Waals surface area contributed by atoms with Gasteiger partial charge in [0.1, 0.15) is 0 Å². The zero-order chi connectivity index (χ0) is 13.8. The van der Waals surface area contributed by atoms with E-state index in [1.165, 1.54) is 0 Å². The van der Waals surface area contributed by atoms with Crippen LogP contribution in [0.3, 0.4) is 0 Å². The van der Waals surface area contributed by atoms with Crippen LogP contribution in [0.25, 0.3) is 5.69 Å². The van der Waals surface area contributed by atoms with Crippen LogP contribution in [0.2, 0.25) is 0 Å². The van der Waals surface area contributed by atoms with E-state index in [0.717, 1.165) is 42.4 Å². The van der Waals surface area contributed by atoms with Gasteiger partial charge in [-0.2, -0.15) is 0 Å². The first kappa shape index (κ1) is 12.9. The van der Waals surface area contributed by atoms with Crippen LogP contribution >= 0.6 is 0 Å². The number of hydrogen-bond acceptors (Lipinski definition) is 5. The molecular weight excluding hydrogens is 256 g/mol. The van der Waals surface area contributed by atoms with Gasteiger partial charge in [-0.25, -0.2) is 4.68 Å². The smallest absolute Gasteiger partial charge is 0.163 e. The second kappa shape index (κ2) is 5.92. The Morgan fingerprint density at radius 2 is 2.10 bits per heavy atom. The standard InChI is InChI=1S/C14H18N4O2/c1-2-15-9-11-10-18(17-16-11)12-4-5-13-14(8-12)20-7-3-6-19-13/h4-5,8,10,15H,2-3,6-7,9H2,1H3. The average Bonchev–Trinajstić information content (AvgIpc) is 2.82. The lowest BCUT2D eigenvalue weighted by atomic mass is 10.3. The number of nitrogens with zero attached hydrogens (tertiary/aromatic N) is 3. The molecule has 1 N–H and O–H groups in total. The second-order valence-electron chi connectivity index (χ2n) is 4.62. The van der Waals surface area contributed by atoms with Crippen LogP contribution < -0.4 is 14.8 Å². The minimum absolute atomic E-state index is 0.680. The molecule has 0 unspecified atom stereocenters. The van der Waals surface area contributed by atoms with E-state index in [9.17, 15) is 0 Å². The largest absolute Gasteiger partial charge is 0.490 e. The van der Waals surface area contributed by atoms with Crippen LogP contribution in [0.15, 0.2) is 24.4 Å². The van der Waals surface area contributed by atoms with E-state index in [2.05, 4.69) is 22.6 Å². The highest BCUT2D eigenvalue weighted by molar-refractivity contribution is 5.48. The number of fused-ring (bicyclic) bond motifs is 1. The fraction of sp³-hybridized carbons (Fsp3) is 0.429. The SMILES string of the molecule is CCNCc1cn(-c2ccc3c(c2)OCCCO3)nn1. The molecule has 1 aromatic heterocycles. The van der Waals surface area contributed by atoms with E-state index < -0.39 is 0 Å². The molecule has 106 valence electrons. The fourth-order valence-corrected chi connectivity index (χ4v) is 2.05. The number of nitrogens with one attached hydrogen (secondary N) is 1. The second-order valence-corrected chi connectivity index (χ2v) is 4.62. The number of aromatic nitrogens is 3. The lowest BCUT2D eigenvalue weighted by molar-refractivity contribution is 0.297. The molecule has 0 aliphatic carbocycles. The van der Waals surface area contributed by atoms with Crippen molar-refractivity contribution >= 4 is 0 Å². The van der Waals surface area contributed by atoms with Crippen molar-refractivity contribution in [1.82, 2.24) is 20.3 Å². The highest BCUT2D eigenvalue weighted by atomic mass is 16.5. The van der Waals surface area contributed by atoms with E-state index in [4.69, 9.17) is 9.47 Å². The maximum Gasteiger partial charge on any atom is 0.163 e. The molecule has 0 radical (unpaired) electrons. The summed E-state index contributed by atoms with van der Waals surface area (Å²) >= 11 is 0. The third-order valence-corrected chi connectivity index (χ3v) is 3.09. The van der Waals surface area contributed by atoms with Crippen molar-refractivity contribution in [1.29, 1.82) is 0 Å². The highest BCUT2D eigenvalue weighted by Gasteiger charge is 2.12. The van der Waals surface area contributed by atoms with Gasteiger partial charge in [-0.15, -0.1) is 5.10 Å². The van der Waals surface area contributed by atoms with Crippen LogP contribution in [-0.4, -0.2) is 34.8 Å². The number of hydrogen-bond donors (Lipinski definition) is 1. The monoisotopic (exact) mass is 274 g/mol. The van der Waals surface area contributed by atoms with Crippen molar-refractivity contribution in [3.05, 3.63) is 30.1 Å². The number of ether oxygens (including phenoxy) is 2. The minimum Gasteiger partial charge on any atom is -0.490 e. The maximum absolute atomic E-state index is 5.68. The van der Waals surface area contributed by atoms with Gasteiger partial charge in [0.15, 0.2) is 11.5 Å². The predicted octanol–water partition coefficient (Wildman–Crippen LogP) is 1.54. The van der Waals surface area contributed by atoms with Crippen LogP contribution in [0.4, 0.5) is 0 Å². The maximum atomic E-state index is 5.68. The molecular formula is C14H18N4O2. The van der Waals surface area contributed by atoms with Crippen molar-refractivity contribution in [3.63, 3.8) is 0 Å². The Bertz CT molecular complexity index is 582. The van der Waals surface area contributed by atoms with Crippen LogP contribution in [-0.2, 0) is 6.54 Å². The van der Waals surface area contributed by atoms with Gasteiger partial charge in [0.25, 0.3) is 0 Å². The Balaban J connectivity index is 1.83. The van der Waals surface area contributed by atoms with Gasteiger partial charge in [-0.1, -0.05) is 12.1 Å². The molecule has 20 heavy (non-hydrogen) atoms. The van der Waals surface area contributed by atoms with Gasteiger partial charge in [0, 0.05) is 19.0 Å². The van der Waals surface area contributed by atoms with Crippen molar-refractivity contribution in [3.8, 4) is 17.2 Å². The molecule has 6 nitrogen and oxygen atoms in total. The molecule has 0 amide bonds. The van der Waals surface area contributed by atoms with E-state index >= 15 is 0 Å². The molecule has 0 spiro atoms. The first-order chi connectivity index (χ1) is 9.86. The third kappa shape index (κ3) is 2.75. The summed E-state index contributed by atoms with van der Waals surface area (Å²) in [6, 6.07) is 5.81. The molecule has 6 heteroatoms. The molecule has 1 aromatic carbocycles. The Hall–Kier alpha value is -2.08. The average molecular weight is 274 g/mol. The van der Waals surface area contributed by atoms with Gasteiger partial charge in [-0.05, 0) is 18.7 Å². The zero-order valence-corrected chi connectivity index (χ0v) is 11.5. The minimum atomic E-state index is 0.680. The third-order valence-electron chi connectivity index (χ3n) is 3.09. The predicted molar refractivity (Wildman–Crippen MR) is 74.3 cm³/mol. The van der Waals surface area contributed by atoms with Crippen LogP contribution in [0.5, 0.6) is 11.5 Å². The van der Waals surface area contributed by atoms with Crippen molar-refractivity contribution < 1.29 is 9.47 Å². The fourth-order valence-electron chi connectivity index (χ4n) is 2.05. The normalized spacial score (nSPS) is 14.1. The first-order valence-corrected chi connectivity index (χ1v) is 6.89. The Labute approximate surface area is 117 Å². The van der Waals surface area contributed by atoms with E-state index in [-0.39, 0.29) is 0 Å². The van der Waals surface area contributed by atoms with Gasteiger partial charge < -0.3 is 14.8 Å². The summed E-state index contributed by atoms with van der Waals surface area (Å²) in [7, 11) is 0. The highest BCUT2D eigenvalue weighted by Crippen LogP contribution is 2.31. The molecule has 2 heterocycles. The van der Waals surface area contributed by atoms with Crippen molar-refractivity contribution in [2.45, 2.75) is 19.9 Å². The van der Waals surface area contributed by atoms with E-state index in [1.807, 2.05) is 24.4 Å². The van der Waals surface area contributed by atoms with Gasteiger partial charge in [0.2, 0.25) is 0 Å². The van der Waals surface area contributed by atoms with Gasteiger partial charge in [0.05, 0.1) is 30.8 Å². The molecule has 2 aromatic rings. The summed E-state index contributed by atoms with van der Waals surface area (Å²) in [4.78, 5) is 0. The van der Waals surface area contributed by atoms with E-state index in [1.54, 1.807) is 4.68 Å². The van der Waals surface area contributed by atoms with E-state index in [0.29, 0.717) is 13.2 Å². The molecule has 0 saturated heterocycles. The zero-order valence-electron chi connectivity index (χ0n) is 11.5. The lowest BCUT2D eigenvalue weighted by Gasteiger charge is -2.08. The van der Waals surface area contributed by atoms with Gasteiger partial charge >= 0.3 is 0 Å². The summed E-state index contributed by atoms with van der Waals surface area (Å²) in [5, 5.41) is 11.5. The molecule has 1 aliphatic rings. The summed E-state index contributed by atoms with van der Waals surface area (Å²) < 4.78 is 13.1. The summed E-state index contributed by atoms with van der Waals surface area (Å²) in [6.45, 7) is 5.08. The van der Waals surface area contributed by atoms with Crippen LogP contribution in [0.1, 0.15) is 19.0 Å². The number of rotatable bonds is 4. The summed E-state index contributed by atoms with van der Waals surface area (Å²) in [5.74, 6) is 1.56. The van der Waals surface area contributed by atoms with Gasteiger partial charge in [-0.3, -0.25) is 0 Å². The lowest BCUT2D eigenvalue weighted by Crippen LogP contribution is -2.11. The molecule has 1 aliphatic heterocycles. The molecule has 0 fully saturated rings. The van der Waals surface area contributed by atoms with Crippen molar-refractivity contribution in [2.24, 2.45) is 0 Å². The quantitative estimate of drug-likeness (QED) is 0.916. The Kier molecular flexibility index (Phi) is 3.83. The molecule has 3 rings (SSSR count). The summed E-state index contributed by atoms with van der Waals surface area (Å²) in [5.41, 5.74) is 1.84. The van der Waals surface area contributed by atoms with Crippen molar-refractivity contribution in [2.75, 3.05) is 19.8 Å². The molecule has 0 saturated carbocycles. The Morgan fingerprint density at radius 3 is 2.95 bits per heavy atom. The van der Waals surface area contributed by atoms with Crippen LogP contribution in [0, 0.1) is 0 Å². The molecule has 0 bridgehead atoms. The topological polar surface area (TPSA) is 61.2 Å². The Morgan fingerprint density at radius 1 is 1.25 bits per heavy atom. The molecule has 0 atom stereocenters.